The van der Waals surface area contributed by atoms with Gasteiger partial charge in [0.1, 0.15) is 17.7 Å². The molecule has 11 nitrogen and oxygen atoms in total. The fourth-order valence-corrected chi connectivity index (χ4v) is 8.24. The predicted molar refractivity (Wildman–Crippen MR) is 215 cm³/mol. The molecule has 0 spiro atoms. The molecule has 2 aliphatic rings. The minimum atomic E-state index is -0.179. The molecule has 0 unspecified atom stereocenters. The Kier molecular flexibility index (Phi) is 10.5. The van der Waals surface area contributed by atoms with Crippen LogP contribution in [0.4, 0.5) is 5.69 Å². The van der Waals surface area contributed by atoms with Crippen molar-refractivity contribution in [2.24, 2.45) is 0 Å². The van der Waals surface area contributed by atoms with Crippen LogP contribution in [0.5, 0.6) is 0 Å². The van der Waals surface area contributed by atoms with Gasteiger partial charge in [-0.2, -0.15) is 0 Å². The van der Waals surface area contributed by atoms with Crippen LogP contribution in [0.3, 0.4) is 0 Å². The molecule has 2 atom stereocenters. The Hall–Kier alpha value is -5.78. The first-order valence-electron chi connectivity index (χ1n) is 19.3. The second-order valence-corrected chi connectivity index (χ2v) is 14.8. The van der Waals surface area contributed by atoms with E-state index in [1.165, 1.54) is 28.8 Å². The first kappa shape index (κ1) is 36.2. The van der Waals surface area contributed by atoms with Gasteiger partial charge in [-0.15, -0.1) is 0 Å². The third-order valence-corrected chi connectivity index (χ3v) is 11.2. The summed E-state index contributed by atoms with van der Waals surface area (Å²) in [6.07, 6.45) is 9.64. The number of carbonyl (C=O) groups excluding carboxylic acids is 2. The molecule has 0 bridgehead atoms. The highest BCUT2D eigenvalue weighted by Gasteiger charge is 2.36. The number of anilines is 1. The van der Waals surface area contributed by atoms with Gasteiger partial charge in [0.15, 0.2) is 0 Å². The molecule has 0 saturated carbocycles. The second kappa shape index (κ2) is 15.9. The highest BCUT2D eigenvalue weighted by Crippen LogP contribution is 2.42. The summed E-state index contributed by atoms with van der Waals surface area (Å²) < 4.78 is 0. The number of hydrogen-bond donors (Lipinski definition) is 3. The van der Waals surface area contributed by atoms with E-state index in [2.05, 4.69) is 56.5 Å². The van der Waals surface area contributed by atoms with E-state index >= 15 is 0 Å². The highest BCUT2D eigenvalue weighted by atomic mass is 16.2. The number of amides is 2. The van der Waals surface area contributed by atoms with Crippen LogP contribution >= 0.6 is 0 Å². The average molecular weight is 734 g/mol. The normalized spacial score (nSPS) is 17.6. The number of aromatic nitrogens is 5. The number of rotatable bonds is 11. The largest absolute Gasteiger partial charge is 0.335 e. The maximum absolute atomic E-state index is 13.7. The highest BCUT2D eigenvalue weighted by molar-refractivity contribution is 6.06. The Morgan fingerprint density at radius 1 is 0.818 bits per heavy atom. The zero-order valence-electron chi connectivity index (χ0n) is 31.6. The second-order valence-electron chi connectivity index (χ2n) is 14.8. The van der Waals surface area contributed by atoms with Crippen LogP contribution < -0.4 is 10.6 Å². The number of H-pyrrole nitrogens is 1. The topological polar surface area (TPSA) is 132 Å². The Bertz CT molecular complexity index is 2260. The lowest BCUT2D eigenvalue weighted by molar-refractivity contribution is 0.0549. The number of carbonyl (C=O) groups is 2. The van der Waals surface area contributed by atoms with Gasteiger partial charge >= 0.3 is 0 Å². The summed E-state index contributed by atoms with van der Waals surface area (Å²) in [6.45, 7) is 9.37. The molecule has 2 saturated heterocycles. The molecule has 8 rings (SSSR count). The van der Waals surface area contributed by atoms with Crippen molar-refractivity contribution < 1.29 is 9.59 Å². The van der Waals surface area contributed by atoms with Gasteiger partial charge in [0.2, 0.25) is 0 Å². The summed E-state index contributed by atoms with van der Waals surface area (Å²) in [5.41, 5.74) is 9.62. The number of aryl methyl sites for hydroxylation is 2. The molecule has 11 heteroatoms. The van der Waals surface area contributed by atoms with Crippen LogP contribution in [0.2, 0.25) is 0 Å². The number of pyridine rings is 2. The lowest BCUT2D eigenvalue weighted by Gasteiger charge is -2.43. The Balaban J connectivity index is 0.896. The predicted octanol–water partition coefficient (Wildman–Crippen LogP) is 7.37. The first-order chi connectivity index (χ1) is 26.9. The van der Waals surface area contributed by atoms with Gasteiger partial charge in [0.05, 0.1) is 29.2 Å². The molecule has 2 fully saturated rings. The van der Waals surface area contributed by atoms with Crippen molar-refractivity contribution in [2.75, 3.05) is 31.5 Å². The Labute approximate surface area is 321 Å². The zero-order chi connectivity index (χ0) is 37.9. The number of nitrogens with zero attached hydrogens (tertiary/aromatic N) is 6. The number of piperidine rings is 1. The molecule has 2 aromatic carbocycles. The summed E-state index contributed by atoms with van der Waals surface area (Å²) in [4.78, 5) is 53.1. The van der Waals surface area contributed by atoms with Gasteiger partial charge in [-0.3, -0.25) is 24.5 Å². The standard InChI is InChI=1S/C44H47N9O2/c1-28-12-9-20-46-39(28)37-18-8-19-38(40-29(2)13-10-21-47-40)53(37)23-11-22-45-32-25-52(26-32)44(55)36-24-34-41(48-27-49-42(34)50-36)33-16-7-17-35(30(33)3)51-43(54)31-14-5-4-6-15-31/h4-7,9-10,12-17,20-21,24,27,32,37-38,45H,8,11,18-19,22-23,25-26H2,1-3H3,(H,51,54)(H,48,49,50)/t37-,38+. The minimum Gasteiger partial charge on any atom is -0.335 e. The van der Waals surface area contributed by atoms with Gasteiger partial charge in [-0.1, -0.05) is 42.5 Å². The molecule has 4 aromatic heterocycles. The quantitative estimate of drug-likeness (QED) is 0.118. The van der Waals surface area contributed by atoms with Crippen molar-refractivity contribution in [3.63, 3.8) is 0 Å². The van der Waals surface area contributed by atoms with Crippen molar-refractivity contribution in [1.29, 1.82) is 0 Å². The van der Waals surface area contributed by atoms with Crippen molar-refractivity contribution >= 4 is 28.5 Å². The lowest BCUT2D eigenvalue weighted by atomic mass is 9.88. The molecule has 3 N–H and O–H groups in total. The van der Waals surface area contributed by atoms with Crippen LogP contribution in [0.1, 0.15) is 86.7 Å². The van der Waals surface area contributed by atoms with E-state index in [9.17, 15) is 9.59 Å². The van der Waals surface area contributed by atoms with Crippen molar-refractivity contribution in [1.82, 2.24) is 40.0 Å². The fraction of sp³-hybridized carbons (Fsp3) is 0.318. The number of nitrogens with one attached hydrogen (secondary N) is 3. The Morgan fingerprint density at radius 2 is 1.53 bits per heavy atom. The molecule has 2 aliphatic heterocycles. The summed E-state index contributed by atoms with van der Waals surface area (Å²) in [7, 11) is 0. The fourth-order valence-electron chi connectivity index (χ4n) is 8.24. The monoisotopic (exact) mass is 733 g/mol. The van der Waals surface area contributed by atoms with E-state index in [-0.39, 0.29) is 29.9 Å². The smallest absolute Gasteiger partial charge is 0.270 e. The van der Waals surface area contributed by atoms with Gasteiger partial charge in [0, 0.05) is 60.3 Å². The number of fused-ring (bicyclic) bond motifs is 1. The minimum absolute atomic E-state index is 0.0574. The first-order valence-corrected chi connectivity index (χ1v) is 19.3. The van der Waals surface area contributed by atoms with Crippen LogP contribution in [0.25, 0.3) is 22.3 Å². The number of likely N-dealkylation sites (tertiary alicyclic amines) is 2. The lowest BCUT2D eigenvalue weighted by Crippen LogP contribution is -2.60. The molecule has 6 heterocycles. The number of aromatic amines is 1. The number of benzene rings is 2. The van der Waals surface area contributed by atoms with E-state index < -0.39 is 0 Å². The third-order valence-electron chi connectivity index (χ3n) is 11.2. The summed E-state index contributed by atoms with van der Waals surface area (Å²) >= 11 is 0. The van der Waals surface area contributed by atoms with Crippen molar-refractivity contribution in [3.8, 4) is 11.3 Å². The van der Waals surface area contributed by atoms with E-state index in [1.807, 2.05) is 78.8 Å². The summed E-state index contributed by atoms with van der Waals surface area (Å²) in [6, 6.07) is 25.9. The Morgan fingerprint density at radius 3 is 2.22 bits per heavy atom. The van der Waals surface area contributed by atoms with Crippen molar-refractivity contribution in [3.05, 3.63) is 137 Å². The average Bonchev–Trinajstić information content (AvgIpc) is 3.64. The number of hydrogen-bond acceptors (Lipinski definition) is 8. The molecule has 280 valence electrons. The molecular weight excluding hydrogens is 687 g/mol. The van der Waals surface area contributed by atoms with Gasteiger partial charge < -0.3 is 20.5 Å². The van der Waals surface area contributed by atoms with E-state index in [1.54, 1.807) is 12.1 Å². The molecule has 2 amide bonds. The maximum Gasteiger partial charge on any atom is 0.270 e. The van der Waals surface area contributed by atoms with Crippen LogP contribution in [-0.4, -0.2) is 78.8 Å². The third kappa shape index (κ3) is 7.50. The van der Waals surface area contributed by atoms with Crippen LogP contribution in [0.15, 0.2) is 97.6 Å². The molecule has 55 heavy (non-hydrogen) atoms. The molecule has 0 radical (unpaired) electrons. The molecule has 0 aliphatic carbocycles. The van der Waals surface area contributed by atoms with E-state index in [4.69, 9.17) is 9.97 Å². The van der Waals surface area contributed by atoms with E-state index in [0.717, 1.165) is 55.3 Å². The summed E-state index contributed by atoms with van der Waals surface area (Å²) in [5, 5.41) is 7.50. The van der Waals surface area contributed by atoms with Crippen LogP contribution in [-0.2, 0) is 0 Å². The van der Waals surface area contributed by atoms with Crippen molar-refractivity contribution in [2.45, 2.75) is 64.6 Å². The van der Waals surface area contributed by atoms with E-state index in [0.29, 0.717) is 41.4 Å². The summed E-state index contributed by atoms with van der Waals surface area (Å²) in [5.74, 6) is -0.237. The SMILES string of the molecule is Cc1cccnc1[C@H]1CCC[C@@H](c2ncccc2C)N1CCCNC1CN(C(=O)c2cc3c(-c4cccc(NC(=O)c5ccccc5)c4C)ncnc3[nH]2)C1. The molecular formula is C44H47N9O2. The van der Waals surface area contributed by atoms with Gasteiger partial charge in [0.25, 0.3) is 11.8 Å². The zero-order valence-corrected chi connectivity index (χ0v) is 31.6. The van der Waals surface area contributed by atoms with Gasteiger partial charge in [-0.05, 0) is 106 Å². The van der Waals surface area contributed by atoms with Gasteiger partial charge in [-0.25, -0.2) is 9.97 Å². The maximum atomic E-state index is 13.7. The van der Waals surface area contributed by atoms with Crippen LogP contribution in [0, 0.1) is 20.8 Å². The molecule has 6 aromatic rings.